The van der Waals surface area contributed by atoms with Crippen LogP contribution in [-0.2, 0) is 0 Å². The molecule has 0 amide bonds. The minimum atomic E-state index is 0.408. The zero-order valence-corrected chi connectivity index (χ0v) is 11.2. The predicted octanol–water partition coefficient (Wildman–Crippen LogP) is -0.772. The van der Waals surface area contributed by atoms with Gasteiger partial charge in [0, 0.05) is 32.3 Å². The molecule has 0 radical (unpaired) electrons. The number of aromatic nitrogens is 2. The minimum Gasteiger partial charge on any atom is -0.361 e. The lowest BCUT2D eigenvalue weighted by molar-refractivity contribution is 0.781. The summed E-state index contributed by atoms with van der Waals surface area (Å²) in [4.78, 5) is 10.7. The van der Waals surface area contributed by atoms with Crippen LogP contribution in [0.5, 0.6) is 0 Å². The van der Waals surface area contributed by atoms with Crippen molar-refractivity contribution in [3.63, 3.8) is 0 Å². The summed E-state index contributed by atoms with van der Waals surface area (Å²) in [5, 5.41) is 7.25. The zero-order chi connectivity index (χ0) is 12.4. The average molecular weight is 254 g/mol. The normalized spacial score (nSPS) is 19.4. The number of hydrogen-bond donors (Lipinski definition) is 2. The number of anilines is 2. The SMILES string of the molecule is Bc1nc(N[C@@H]2CCNC2)nc(N(C)C)c1Cl. The monoisotopic (exact) mass is 253 g/mol. The van der Waals surface area contributed by atoms with Gasteiger partial charge in [-0.25, -0.2) is 4.98 Å². The Hall–Kier alpha value is -1.01. The lowest BCUT2D eigenvalue weighted by atomic mass is 10.0. The Morgan fingerprint density at radius 3 is 2.82 bits per heavy atom. The van der Waals surface area contributed by atoms with Crippen LogP contribution in [0, 0.1) is 0 Å². The molecule has 92 valence electrons. The van der Waals surface area contributed by atoms with E-state index in [1.807, 2.05) is 26.8 Å². The summed E-state index contributed by atoms with van der Waals surface area (Å²) in [6.07, 6.45) is 1.10. The largest absolute Gasteiger partial charge is 0.361 e. The van der Waals surface area contributed by atoms with Crippen LogP contribution >= 0.6 is 11.6 Å². The first-order valence-corrected chi connectivity index (χ1v) is 6.14. The fourth-order valence-electron chi connectivity index (χ4n) is 1.87. The van der Waals surface area contributed by atoms with E-state index in [0.29, 0.717) is 17.0 Å². The number of halogens is 1. The Morgan fingerprint density at radius 1 is 1.47 bits per heavy atom. The van der Waals surface area contributed by atoms with Gasteiger partial charge in [0.1, 0.15) is 0 Å². The number of rotatable bonds is 3. The van der Waals surface area contributed by atoms with Crippen molar-refractivity contribution in [1.29, 1.82) is 0 Å². The summed E-state index contributed by atoms with van der Waals surface area (Å²) >= 11 is 6.17. The molecule has 1 aliphatic heterocycles. The molecule has 0 bridgehead atoms. The Kier molecular flexibility index (Phi) is 3.74. The maximum absolute atomic E-state index is 6.17. The van der Waals surface area contributed by atoms with E-state index in [-0.39, 0.29) is 0 Å². The molecule has 2 N–H and O–H groups in total. The van der Waals surface area contributed by atoms with Crippen molar-refractivity contribution < 1.29 is 0 Å². The van der Waals surface area contributed by atoms with E-state index in [1.54, 1.807) is 0 Å². The van der Waals surface area contributed by atoms with Gasteiger partial charge >= 0.3 is 0 Å². The second-order valence-electron chi connectivity index (χ2n) is 4.50. The molecular formula is C10H17BClN5. The molecule has 17 heavy (non-hydrogen) atoms. The molecule has 2 rings (SSSR count). The van der Waals surface area contributed by atoms with E-state index in [4.69, 9.17) is 11.6 Å². The molecule has 1 aromatic heterocycles. The molecule has 2 heterocycles. The van der Waals surface area contributed by atoms with Crippen molar-refractivity contribution >= 4 is 36.8 Å². The van der Waals surface area contributed by atoms with Gasteiger partial charge in [0.05, 0.1) is 5.02 Å². The van der Waals surface area contributed by atoms with Crippen molar-refractivity contribution in [2.75, 3.05) is 37.4 Å². The highest BCUT2D eigenvalue weighted by molar-refractivity contribution is 6.45. The van der Waals surface area contributed by atoms with Crippen molar-refractivity contribution in [2.24, 2.45) is 0 Å². The van der Waals surface area contributed by atoms with Gasteiger partial charge < -0.3 is 15.5 Å². The van der Waals surface area contributed by atoms with Gasteiger partial charge in [-0.3, -0.25) is 0 Å². The molecule has 0 spiro atoms. The van der Waals surface area contributed by atoms with Gasteiger partial charge in [0.25, 0.3) is 0 Å². The van der Waals surface area contributed by atoms with Crippen LogP contribution in [0.15, 0.2) is 0 Å². The molecule has 1 fully saturated rings. The van der Waals surface area contributed by atoms with E-state index in [2.05, 4.69) is 20.6 Å². The molecule has 7 heteroatoms. The Labute approximate surface area is 107 Å². The Bertz CT molecular complexity index is 406. The molecule has 0 aromatic carbocycles. The van der Waals surface area contributed by atoms with Crippen molar-refractivity contribution in [3.05, 3.63) is 5.02 Å². The second kappa shape index (κ2) is 5.10. The van der Waals surface area contributed by atoms with Crippen molar-refractivity contribution in [3.8, 4) is 0 Å². The smallest absolute Gasteiger partial charge is 0.224 e. The third kappa shape index (κ3) is 2.81. The lowest BCUT2D eigenvalue weighted by Crippen LogP contribution is -2.27. The fraction of sp³-hybridized carbons (Fsp3) is 0.600. The fourth-order valence-corrected chi connectivity index (χ4v) is 2.12. The number of hydrogen-bond acceptors (Lipinski definition) is 5. The molecule has 1 aromatic rings. The molecule has 1 saturated heterocycles. The van der Waals surface area contributed by atoms with Crippen LogP contribution in [0.1, 0.15) is 6.42 Å². The second-order valence-corrected chi connectivity index (χ2v) is 4.88. The van der Waals surface area contributed by atoms with Crippen molar-refractivity contribution in [1.82, 2.24) is 15.3 Å². The highest BCUT2D eigenvalue weighted by Gasteiger charge is 2.17. The topological polar surface area (TPSA) is 53.1 Å². The zero-order valence-electron chi connectivity index (χ0n) is 10.4. The summed E-state index contributed by atoms with van der Waals surface area (Å²) in [6.45, 7) is 2.01. The maximum atomic E-state index is 6.17. The van der Waals surface area contributed by atoms with Crippen LogP contribution in [0.3, 0.4) is 0 Å². The molecule has 0 saturated carbocycles. The van der Waals surface area contributed by atoms with Crippen LogP contribution in [0.4, 0.5) is 11.8 Å². The molecule has 5 nitrogen and oxygen atoms in total. The van der Waals surface area contributed by atoms with Gasteiger partial charge in [0.2, 0.25) is 5.95 Å². The summed E-state index contributed by atoms with van der Waals surface area (Å²) in [5.74, 6) is 1.41. The maximum Gasteiger partial charge on any atom is 0.224 e. The minimum absolute atomic E-state index is 0.408. The lowest BCUT2D eigenvalue weighted by Gasteiger charge is -2.18. The summed E-state index contributed by atoms with van der Waals surface area (Å²) in [7, 11) is 5.75. The molecule has 0 aliphatic carbocycles. The summed E-state index contributed by atoms with van der Waals surface area (Å²) in [6, 6.07) is 0.408. The van der Waals surface area contributed by atoms with E-state index in [0.717, 1.165) is 30.9 Å². The first-order valence-electron chi connectivity index (χ1n) is 5.76. The summed E-state index contributed by atoms with van der Waals surface area (Å²) < 4.78 is 0. The van der Waals surface area contributed by atoms with Crippen LogP contribution in [0.2, 0.25) is 5.02 Å². The van der Waals surface area contributed by atoms with Gasteiger partial charge in [-0.1, -0.05) is 11.6 Å². The van der Waals surface area contributed by atoms with E-state index in [9.17, 15) is 0 Å². The van der Waals surface area contributed by atoms with Gasteiger partial charge in [0.15, 0.2) is 13.7 Å². The van der Waals surface area contributed by atoms with Crippen LogP contribution < -0.4 is 21.1 Å². The highest BCUT2D eigenvalue weighted by Crippen LogP contribution is 2.20. The van der Waals surface area contributed by atoms with Gasteiger partial charge in [-0.2, -0.15) is 4.98 Å². The standard InChI is InChI=1S/C10H17BClN5/c1-17(2)9-7(12)8(11)15-10(16-9)14-6-3-4-13-5-6/h6,13H,3-5,11H2,1-2H3,(H,14,15,16)/t6-/m1/s1. The number of nitrogens with zero attached hydrogens (tertiary/aromatic N) is 3. The Morgan fingerprint density at radius 2 is 2.24 bits per heavy atom. The molecule has 1 atom stereocenters. The Balaban J connectivity index is 2.22. The van der Waals surface area contributed by atoms with Crippen LogP contribution in [-0.4, -0.2) is 51.0 Å². The van der Waals surface area contributed by atoms with E-state index in [1.165, 1.54) is 0 Å². The van der Waals surface area contributed by atoms with Gasteiger partial charge in [-0.05, 0) is 13.0 Å². The number of nitrogens with one attached hydrogen (secondary N) is 2. The van der Waals surface area contributed by atoms with Crippen LogP contribution in [0.25, 0.3) is 0 Å². The predicted molar refractivity (Wildman–Crippen MR) is 74.4 cm³/mol. The van der Waals surface area contributed by atoms with E-state index < -0.39 is 0 Å². The highest BCUT2D eigenvalue weighted by atomic mass is 35.5. The molecule has 0 unspecified atom stereocenters. The quantitative estimate of drug-likeness (QED) is 0.693. The molecular weight excluding hydrogens is 236 g/mol. The first kappa shape index (κ1) is 12.5. The van der Waals surface area contributed by atoms with Gasteiger partial charge in [-0.15, -0.1) is 0 Å². The third-order valence-corrected chi connectivity index (χ3v) is 3.26. The van der Waals surface area contributed by atoms with Crippen molar-refractivity contribution in [2.45, 2.75) is 12.5 Å². The average Bonchev–Trinajstić information content (AvgIpc) is 2.75. The third-order valence-electron chi connectivity index (χ3n) is 2.82. The van der Waals surface area contributed by atoms with E-state index >= 15 is 0 Å². The first-order chi connectivity index (χ1) is 8.08. The molecule has 1 aliphatic rings. The summed E-state index contributed by atoms with van der Waals surface area (Å²) in [5.41, 5.74) is 0.804.